The molecular formula is C24H39FN6O2. The molecule has 0 spiro atoms. The average Bonchev–Trinajstić information content (AvgIpc) is 3.64. The quantitative estimate of drug-likeness (QED) is 0.424. The highest BCUT2D eigenvalue weighted by atomic mass is 19.1. The smallest absolute Gasteiger partial charge is 0.256 e. The first-order valence-corrected chi connectivity index (χ1v) is 12.7. The van der Waals surface area contributed by atoms with E-state index in [0.717, 1.165) is 57.5 Å². The van der Waals surface area contributed by atoms with Crippen molar-refractivity contribution < 1.29 is 14.3 Å². The third kappa shape index (κ3) is 7.24. The van der Waals surface area contributed by atoms with Gasteiger partial charge in [-0.15, -0.1) is 0 Å². The van der Waals surface area contributed by atoms with Crippen LogP contribution in [-0.4, -0.2) is 76.4 Å². The summed E-state index contributed by atoms with van der Waals surface area (Å²) in [4.78, 5) is 24.5. The van der Waals surface area contributed by atoms with Gasteiger partial charge in [-0.05, 0) is 63.7 Å². The zero-order valence-electron chi connectivity index (χ0n) is 19.7. The number of carbonyl (C=O) groups is 1. The summed E-state index contributed by atoms with van der Waals surface area (Å²) in [6.07, 6.45) is 8.46. The van der Waals surface area contributed by atoms with Crippen LogP contribution >= 0.6 is 0 Å². The highest BCUT2D eigenvalue weighted by Crippen LogP contribution is 2.30. The summed E-state index contributed by atoms with van der Waals surface area (Å²) in [7, 11) is 0. The highest BCUT2D eigenvalue weighted by molar-refractivity contribution is 5.98. The van der Waals surface area contributed by atoms with Crippen LogP contribution in [0.4, 0.5) is 16.2 Å². The lowest BCUT2D eigenvalue weighted by Gasteiger charge is -2.32. The number of nitrogens with zero attached hydrogens (tertiary/aromatic N) is 3. The second kappa shape index (κ2) is 11.4. The first kappa shape index (κ1) is 24.1. The van der Waals surface area contributed by atoms with Gasteiger partial charge < -0.3 is 26.0 Å². The van der Waals surface area contributed by atoms with Crippen molar-refractivity contribution >= 4 is 17.7 Å². The van der Waals surface area contributed by atoms with E-state index in [1.807, 2.05) is 0 Å². The minimum atomic E-state index is -0.974. The van der Waals surface area contributed by atoms with Gasteiger partial charge in [0.05, 0.1) is 6.10 Å². The summed E-state index contributed by atoms with van der Waals surface area (Å²) in [6, 6.07) is 0.290. The summed E-state index contributed by atoms with van der Waals surface area (Å²) in [5.41, 5.74) is 0.416. The van der Waals surface area contributed by atoms with E-state index >= 15 is 0 Å². The van der Waals surface area contributed by atoms with E-state index in [9.17, 15) is 14.3 Å². The Morgan fingerprint density at radius 3 is 2.55 bits per heavy atom. The Bertz CT molecular complexity index is 776. The maximum Gasteiger partial charge on any atom is 0.256 e. The monoisotopic (exact) mass is 462 g/mol. The average molecular weight is 463 g/mol. The fraction of sp³-hybridized carbons (Fsp3) is 0.792. The van der Waals surface area contributed by atoms with Crippen molar-refractivity contribution in [3.8, 4) is 0 Å². The maximum absolute atomic E-state index is 13.7. The van der Waals surface area contributed by atoms with Crippen molar-refractivity contribution in [2.24, 2.45) is 5.92 Å². The van der Waals surface area contributed by atoms with Gasteiger partial charge in [-0.3, -0.25) is 4.79 Å². The number of nitrogens with one attached hydrogen (secondary N) is 3. The topological polar surface area (TPSA) is 102 Å². The Kier molecular flexibility index (Phi) is 8.35. The number of hydrogen-bond donors (Lipinski definition) is 4. The Hall–Kier alpha value is -2.00. The predicted molar refractivity (Wildman–Crippen MR) is 127 cm³/mol. The number of aromatic nitrogens is 2. The third-order valence-electron chi connectivity index (χ3n) is 7.13. The van der Waals surface area contributed by atoms with Crippen LogP contribution in [0.25, 0.3) is 0 Å². The lowest BCUT2D eigenvalue weighted by atomic mass is 9.93. The molecule has 1 saturated heterocycles. The van der Waals surface area contributed by atoms with Crippen LogP contribution in [0, 0.1) is 5.92 Å². The van der Waals surface area contributed by atoms with Gasteiger partial charge in [0.15, 0.2) is 0 Å². The van der Waals surface area contributed by atoms with Gasteiger partial charge in [0.2, 0.25) is 5.95 Å². The summed E-state index contributed by atoms with van der Waals surface area (Å²) in [5.74, 6) is 1.51. The molecule has 2 aliphatic carbocycles. The van der Waals surface area contributed by atoms with E-state index in [-0.39, 0.29) is 30.6 Å². The summed E-state index contributed by atoms with van der Waals surface area (Å²) in [6.45, 7) is 5.18. The van der Waals surface area contributed by atoms with Gasteiger partial charge in [-0.2, -0.15) is 4.98 Å². The second-order valence-electron chi connectivity index (χ2n) is 9.98. The molecule has 1 aromatic heterocycles. The van der Waals surface area contributed by atoms with Gasteiger partial charge >= 0.3 is 0 Å². The van der Waals surface area contributed by atoms with Crippen LogP contribution < -0.4 is 16.0 Å². The van der Waals surface area contributed by atoms with Crippen molar-refractivity contribution in [2.75, 3.05) is 36.8 Å². The molecule has 1 atom stereocenters. The van der Waals surface area contributed by atoms with E-state index in [1.54, 1.807) is 6.92 Å². The van der Waals surface area contributed by atoms with Gasteiger partial charge in [0.1, 0.15) is 17.6 Å². The minimum Gasteiger partial charge on any atom is -0.393 e. The number of halogens is 1. The van der Waals surface area contributed by atoms with E-state index in [4.69, 9.17) is 0 Å². The van der Waals surface area contributed by atoms with Crippen molar-refractivity contribution in [2.45, 2.75) is 89.1 Å². The second-order valence-corrected chi connectivity index (χ2v) is 9.98. The summed E-state index contributed by atoms with van der Waals surface area (Å²) >= 11 is 0. The third-order valence-corrected chi connectivity index (χ3v) is 7.13. The van der Waals surface area contributed by atoms with Gasteiger partial charge in [0.25, 0.3) is 5.91 Å². The number of piperidine rings is 1. The number of rotatable bonds is 10. The van der Waals surface area contributed by atoms with Crippen LogP contribution in [0.5, 0.6) is 0 Å². The molecule has 1 aliphatic heterocycles. The molecule has 3 fully saturated rings. The van der Waals surface area contributed by atoms with E-state index in [2.05, 4.69) is 30.8 Å². The molecule has 8 nitrogen and oxygen atoms in total. The summed E-state index contributed by atoms with van der Waals surface area (Å²) < 4.78 is 13.7. The number of aliphatic hydroxyl groups is 1. The molecule has 3 aliphatic rings. The predicted octanol–water partition coefficient (Wildman–Crippen LogP) is 2.96. The molecule has 184 valence electrons. The number of aliphatic hydroxyl groups excluding tert-OH is 1. The first-order chi connectivity index (χ1) is 16.0. The fourth-order valence-corrected chi connectivity index (χ4v) is 4.69. The normalized spacial score (nSPS) is 25.4. The maximum atomic E-state index is 13.7. The highest BCUT2D eigenvalue weighted by Gasteiger charge is 2.28. The molecule has 0 aromatic carbocycles. The van der Waals surface area contributed by atoms with Crippen LogP contribution in [0.1, 0.15) is 75.1 Å². The number of carbonyl (C=O) groups excluding carboxylic acids is 1. The number of hydrogen-bond acceptors (Lipinski definition) is 7. The number of amides is 1. The van der Waals surface area contributed by atoms with E-state index < -0.39 is 6.17 Å². The molecule has 0 bridgehead atoms. The fourth-order valence-electron chi connectivity index (χ4n) is 4.69. The van der Waals surface area contributed by atoms with Gasteiger partial charge in [0, 0.05) is 44.5 Å². The molecule has 4 rings (SSSR count). The Morgan fingerprint density at radius 1 is 1.15 bits per heavy atom. The molecule has 2 heterocycles. The molecule has 0 radical (unpaired) electrons. The molecule has 1 aromatic rings. The van der Waals surface area contributed by atoms with Crippen molar-refractivity contribution in [1.29, 1.82) is 0 Å². The van der Waals surface area contributed by atoms with Crippen LogP contribution in [0.15, 0.2) is 6.20 Å². The van der Waals surface area contributed by atoms with Gasteiger partial charge in [-0.25, -0.2) is 9.37 Å². The largest absolute Gasteiger partial charge is 0.393 e. The van der Waals surface area contributed by atoms with Crippen LogP contribution in [-0.2, 0) is 0 Å². The number of anilines is 2. The standard InChI is InChI=1S/C24H39FN6O2/c1-2-17(25)13-26-24-27-14-21(22(30-24)28-18-5-7-20(32)8-6-18)23(33)29-19-9-11-31(12-10-19)15-16-3-4-16/h14,16-20,32H,2-13,15H2,1H3,(H,29,33)(H2,26,27,28,30)/t17?,18-,20-. The molecule has 4 N–H and O–H groups in total. The molecular weight excluding hydrogens is 423 g/mol. The number of alkyl halides is 1. The van der Waals surface area contributed by atoms with E-state index in [1.165, 1.54) is 25.6 Å². The zero-order chi connectivity index (χ0) is 23.2. The molecule has 1 amide bonds. The Labute approximate surface area is 196 Å². The number of likely N-dealkylation sites (tertiary alicyclic amines) is 1. The Balaban J connectivity index is 1.39. The lowest BCUT2D eigenvalue weighted by molar-refractivity contribution is 0.0909. The van der Waals surface area contributed by atoms with Crippen molar-refractivity contribution in [1.82, 2.24) is 20.2 Å². The molecule has 2 saturated carbocycles. The lowest BCUT2D eigenvalue weighted by Crippen LogP contribution is -2.45. The zero-order valence-corrected chi connectivity index (χ0v) is 19.7. The van der Waals surface area contributed by atoms with Crippen molar-refractivity contribution in [3.63, 3.8) is 0 Å². The molecule has 9 heteroatoms. The van der Waals surface area contributed by atoms with Gasteiger partial charge in [-0.1, -0.05) is 6.92 Å². The molecule has 33 heavy (non-hydrogen) atoms. The van der Waals surface area contributed by atoms with Crippen LogP contribution in [0.3, 0.4) is 0 Å². The minimum absolute atomic E-state index is 0.135. The first-order valence-electron chi connectivity index (χ1n) is 12.7. The summed E-state index contributed by atoms with van der Waals surface area (Å²) in [5, 5.41) is 19.3. The SMILES string of the molecule is CCC(F)CNc1ncc(C(=O)NC2CCN(CC3CC3)CC2)c(N[C@H]2CC[C@H](O)CC2)n1. The Morgan fingerprint density at radius 2 is 1.88 bits per heavy atom. The molecule has 1 unspecified atom stereocenters. The van der Waals surface area contributed by atoms with Crippen LogP contribution in [0.2, 0.25) is 0 Å². The van der Waals surface area contributed by atoms with Crippen molar-refractivity contribution in [3.05, 3.63) is 11.8 Å². The van der Waals surface area contributed by atoms with E-state index in [0.29, 0.717) is 23.8 Å².